The first-order valence-corrected chi connectivity index (χ1v) is 8.19. The minimum Gasteiger partial charge on any atom is -0.391 e. The average molecular weight is 317 g/mol. The number of carbonyl (C=O) groups excluding carboxylic acids is 2. The molecule has 2 atom stereocenters. The molecule has 23 heavy (non-hydrogen) atoms. The summed E-state index contributed by atoms with van der Waals surface area (Å²) in [6.45, 7) is 1.73. The Hall–Kier alpha value is -1.92. The highest BCUT2D eigenvalue weighted by Gasteiger charge is 2.27. The number of rotatable bonds is 4. The van der Waals surface area contributed by atoms with E-state index in [1.807, 2.05) is 24.3 Å². The number of hydrogen-bond donors (Lipinski definition) is 3. The Morgan fingerprint density at radius 1 is 1.30 bits per heavy atom. The Morgan fingerprint density at radius 2 is 2.13 bits per heavy atom. The van der Waals surface area contributed by atoms with E-state index in [4.69, 9.17) is 0 Å². The molecule has 0 saturated carbocycles. The van der Waals surface area contributed by atoms with E-state index in [2.05, 4.69) is 10.6 Å². The maximum absolute atomic E-state index is 12.3. The first-order chi connectivity index (χ1) is 11.1. The number of anilines is 1. The van der Waals surface area contributed by atoms with Crippen molar-refractivity contribution in [2.75, 3.05) is 31.1 Å². The van der Waals surface area contributed by atoms with Crippen LogP contribution in [0, 0.1) is 5.92 Å². The number of β-amino-alcohol motifs (C(OH)–C–C–N with tert-alkyl or cyclic N) is 1. The van der Waals surface area contributed by atoms with Gasteiger partial charge in [0.1, 0.15) is 6.54 Å². The Balaban J connectivity index is 1.63. The molecule has 2 amide bonds. The summed E-state index contributed by atoms with van der Waals surface area (Å²) in [4.78, 5) is 26.1. The van der Waals surface area contributed by atoms with Gasteiger partial charge in [-0.1, -0.05) is 18.2 Å². The Kier molecular flexibility index (Phi) is 4.93. The molecule has 2 heterocycles. The number of nitrogens with one attached hydrogen (secondary N) is 2. The van der Waals surface area contributed by atoms with Crippen molar-refractivity contribution in [2.24, 2.45) is 5.92 Å². The minimum atomic E-state index is -0.421. The van der Waals surface area contributed by atoms with Crippen molar-refractivity contribution in [3.05, 3.63) is 29.8 Å². The molecule has 3 N–H and O–H groups in total. The van der Waals surface area contributed by atoms with Crippen molar-refractivity contribution in [3.63, 3.8) is 0 Å². The lowest BCUT2D eigenvalue weighted by Gasteiger charge is -2.23. The number of hydrogen-bond acceptors (Lipinski definition) is 4. The molecule has 1 fully saturated rings. The second kappa shape index (κ2) is 7.10. The Labute approximate surface area is 135 Å². The molecule has 124 valence electrons. The van der Waals surface area contributed by atoms with Gasteiger partial charge in [0.25, 0.3) is 0 Å². The van der Waals surface area contributed by atoms with E-state index in [0.717, 1.165) is 24.1 Å². The number of carbonyl (C=O) groups is 2. The summed E-state index contributed by atoms with van der Waals surface area (Å²) in [7, 11) is 0. The molecule has 1 aromatic rings. The zero-order chi connectivity index (χ0) is 16.2. The first-order valence-electron chi connectivity index (χ1n) is 8.19. The molecule has 6 heteroatoms. The lowest BCUT2D eigenvalue weighted by Crippen LogP contribution is -2.43. The first kappa shape index (κ1) is 16.0. The molecule has 2 unspecified atom stereocenters. The fourth-order valence-corrected chi connectivity index (χ4v) is 3.23. The molecule has 3 rings (SSSR count). The van der Waals surface area contributed by atoms with Crippen LogP contribution >= 0.6 is 0 Å². The maximum Gasteiger partial charge on any atom is 0.240 e. The van der Waals surface area contributed by atoms with Crippen LogP contribution < -0.4 is 15.5 Å². The number of para-hydroxylation sites is 1. The van der Waals surface area contributed by atoms with Crippen LogP contribution in [-0.2, 0) is 16.0 Å². The smallest absolute Gasteiger partial charge is 0.240 e. The van der Waals surface area contributed by atoms with Gasteiger partial charge in [-0.2, -0.15) is 0 Å². The normalized spacial score (nSPS) is 24.2. The summed E-state index contributed by atoms with van der Waals surface area (Å²) in [5.41, 5.74) is 1.95. The van der Waals surface area contributed by atoms with Crippen LogP contribution in [-0.4, -0.2) is 49.2 Å². The lowest BCUT2D eigenvalue weighted by molar-refractivity contribution is -0.124. The summed E-state index contributed by atoms with van der Waals surface area (Å²) in [5, 5.41) is 15.7. The molecule has 0 spiro atoms. The van der Waals surface area contributed by atoms with Crippen molar-refractivity contribution in [3.8, 4) is 0 Å². The van der Waals surface area contributed by atoms with E-state index >= 15 is 0 Å². The monoisotopic (exact) mass is 317 g/mol. The fourth-order valence-electron chi connectivity index (χ4n) is 3.23. The fraction of sp³-hybridized carbons (Fsp3) is 0.529. The van der Waals surface area contributed by atoms with Gasteiger partial charge < -0.3 is 20.6 Å². The predicted molar refractivity (Wildman–Crippen MR) is 87.1 cm³/mol. The zero-order valence-corrected chi connectivity index (χ0v) is 13.1. The van der Waals surface area contributed by atoms with Gasteiger partial charge >= 0.3 is 0 Å². The van der Waals surface area contributed by atoms with Crippen molar-refractivity contribution >= 4 is 17.5 Å². The summed E-state index contributed by atoms with van der Waals surface area (Å²) in [6.07, 6.45) is 1.72. The highest BCUT2D eigenvalue weighted by molar-refractivity contribution is 5.99. The number of amides is 2. The minimum absolute atomic E-state index is 0.00679. The van der Waals surface area contributed by atoms with Crippen LogP contribution in [0.15, 0.2) is 24.3 Å². The molecule has 0 bridgehead atoms. The van der Waals surface area contributed by atoms with E-state index in [0.29, 0.717) is 26.1 Å². The van der Waals surface area contributed by atoms with E-state index in [9.17, 15) is 14.7 Å². The number of aliphatic hydroxyl groups is 1. The third-order valence-corrected chi connectivity index (χ3v) is 4.59. The summed E-state index contributed by atoms with van der Waals surface area (Å²) in [6, 6.07) is 7.76. The van der Waals surface area contributed by atoms with Gasteiger partial charge in [0, 0.05) is 37.7 Å². The molecule has 2 aliphatic heterocycles. The molecule has 0 radical (unpaired) electrons. The predicted octanol–water partition coefficient (Wildman–Crippen LogP) is 0.0524. The second-order valence-electron chi connectivity index (χ2n) is 6.25. The molecular weight excluding hydrogens is 294 g/mol. The van der Waals surface area contributed by atoms with Gasteiger partial charge in [0.05, 0.1) is 6.10 Å². The summed E-state index contributed by atoms with van der Waals surface area (Å²) >= 11 is 0. The van der Waals surface area contributed by atoms with E-state index in [-0.39, 0.29) is 24.3 Å². The number of aliphatic hydroxyl groups excluding tert-OH is 1. The summed E-state index contributed by atoms with van der Waals surface area (Å²) < 4.78 is 0. The number of fused-ring (bicyclic) bond motifs is 1. The third-order valence-electron chi connectivity index (χ3n) is 4.59. The highest BCUT2D eigenvalue weighted by atomic mass is 16.3. The van der Waals surface area contributed by atoms with Crippen molar-refractivity contribution < 1.29 is 14.7 Å². The standard InChI is InChI=1S/C17H23N3O3/c21-15-10-18-8-13(15)9-19-16(22)11-20-14-6-2-1-4-12(14)5-3-7-17(20)23/h1-2,4,6,13,15,18,21H,3,5,7-11H2,(H,19,22). The van der Waals surface area contributed by atoms with Crippen LogP contribution in [0.2, 0.25) is 0 Å². The maximum atomic E-state index is 12.3. The SMILES string of the molecule is O=C(CN1C(=O)CCCc2ccccc21)NCC1CNCC1O. The molecule has 1 aromatic carbocycles. The molecule has 1 saturated heterocycles. The number of nitrogens with zero attached hydrogens (tertiary/aromatic N) is 1. The van der Waals surface area contributed by atoms with Crippen LogP contribution in [0.1, 0.15) is 18.4 Å². The van der Waals surface area contributed by atoms with Crippen molar-refractivity contribution in [2.45, 2.75) is 25.4 Å². The van der Waals surface area contributed by atoms with Crippen LogP contribution in [0.4, 0.5) is 5.69 Å². The van der Waals surface area contributed by atoms with Gasteiger partial charge in [-0.25, -0.2) is 0 Å². The largest absolute Gasteiger partial charge is 0.391 e. The van der Waals surface area contributed by atoms with E-state index in [1.54, 1.807) is 4.90 Å². The van der Waals surface area contributed by atoms with Crippen molar-refractivity contribution in [1.29, 1.82) is 0 Å². The highest BCUT2D eigenvalue weighted by Crippen LogP contribution is 2.26. The number of benzene rings is 1. The van der Waals surface area contributed by atoms with Crippen LogP contribution in [0.5, 0.6) is 0 Å². The second-order valence-corrected chi connectivity index (χ2v) is 6.25. The number of aryl methyl sites for hydroxylation is 1. The van der Waals surface area contributed by atoms with Crippen molar-refractivity contribution in [1.82, 2.24) is 10.6 Å². The van der Waals surface area contributed by atoms with Gasteiger partial charge in [-0.05, 0) is 24.5 Å². The van der Waals surface area contributed by atoms with E-state index in [1.165, 1.54) is 0 Å². The molecule has 0 aromatic heterocycles. The quantitative estimate of drug-likeness (QED) is 0.733. The van der Waals surface area contributed by atoms with Gasteiger partial charge in [0.15, 0.2) is 0 Å². The summed E-state index contributed by atoms with van der Waals surface area (Å²) in [5.74, 6) is -0.159. The third kappa shape index (κ3) is 3.71. The van der Waals surface area contributed by atoms with Crippen LogP contribution in [0.25, 0.3) is 0 Å². The van der Waals surface area contributed by atoms with E-state index < -0.39 is 6.10 Å². The topological polar surface area (TPSA) is 81.7 Å². The lowest BCUT2D eigenvalue weighted by atomic mass is 10.1. The van der Waals surface area contributed by atoms with Gasteiger partial charge in [0.2, 0.25) is 11.8 Å². The Morgan fingerprint density at radius 3 is 2.91 bits per heavy atom. The molecule has 2 aliphatic rings. The molecular formula is C17H23N3O3. The zero-order valence-electron chi connectivity index (χ0n) is 13.1. The molecule has 6 nitrogen and oxygen atoms in total. The van der Waals surface area contributed by atoms with Gasteiger partial charge in [-0.3, -0.25) is 9.59 Å². The van der Waals surface area contributed by atoms with Gasteiger partial charge in [-0.15, -0.1) is 0 Å². The van der Waals surface area contributed by atoms with Crippen LogP contribution in [0.3, 0.4) is 0 Å². The average Bonchev–Trinajstić information content (AvgIpc) is 2.89. The Bertz CT molecular complexity index is 590. The molecule has 0 aliphatic carbocycles.